The zero-order chi connectivity index (χ0) is 23.5. The second-order valence-corrected chi connectivity index (χ2v) is 10.6. The molecule has 0 aliphatic carbocycles. The minimum atomic E-state index is -0.688. The van der Waals surface area contributed by atoms with Crippen LogP contribution < -0.4 is 0 Å². The molecule has 7 nitrogen and oxygen atoms in total. The molecule has 1 spiro atoms. The Balaban J connectivity index is 1.95. The van der Waals surface area contributed by atoms with Crippen LogP contribution in [-0.4, -0.2) is 81.1 Å². The largest absolute Gasteiger partial charge is 0.465 e. The van der Waals surface area contributed by atoms with Gasteiger partial charge in [-0.3, -0.25) is 14.4 Å². The highest BCUT2D eigenvalue weighted by Crippen LogP contribution is 2.66. The average molecular weight is 465 g/mol. The number of fused-ring (bicyclic) bond motifs is 1. The summed E-state index contributed by atoms with van der Waals surface area (Å²) in [4.78, 5) is 43.8. The van der Waals surface area contributed by atoms with Gasteiger partial charge >= 0.3 is 5.97 Å². The van der Waals surface area contributed by atoms with Crippen LogP contribution in [0.15, 0.2) is 25.3 Å². The Kier molecular flexibility index (Phi) is 8.09. The van der Waals surface area contributed by atoms with Crippen molar-refractivity contribution in [3.05, 3.63) is 25.3 Å². The summed E-state index contributed by atoms with van der Waals surface area (Å²) in [5.74, 6) is -1.81. The summed E-state index contributed by atoms with van der Waals surface area (Å²) < 4.78 is 4.82. The van der Waals surface area contributed by atoms with Gasteiger partial charge in [0.1, 0.15) is 6.04 Å². The molecule has 178 valence electrons. The number of ether oxygens (including phenoxy) is 1. The Labute approximate surface area is 195 Å². The molecule has 6 atom stereocenters. The quantitative estimate of drug-likeness (QED) is 0.271. The van der Waals surface area contributed by atoms with E-state index in [2.05, 4.69) is 20.1 Å². The minimum Gasteiger partial charge on any atom is -0.465 e. The summed E-state index contributed by atoms with van der Waals surface area (Å²) >= 11 is 1.62. The lowest BCUT2D eigenvalue weighted by atomic mass is 9.71. The number of hydrogen-bond donors (Lipinski definition) is 1. The second-order valence-electron chi connectivity index (χ2n) is 8.97. The van der Waals surface area contributed by atoms with Crippen molar-refractivity contribution in [1.29, 1.82) is 0 Å². The molecule has 3 aliphatic heterocycles. The molecule has 0 aromatic heterocycles. The highest BCUT2D eigenvalue weighted by atomic mass is 32.2. The molecular weight excluding hydrogens is 428 g/mol. The molecular formula is C24H36N2O5S. The summed E-state index contributed by atoms with van der Waals surface area (Å²) in [5.41, 5.74) is 0. The van der Waals surface area contributed by atoms with Crippen LogP contribution in [0, 0.1) is 11.8 Å². The van der Waals surface area contributed by atoms with Crippen molar-refractivity contribution in [3.8, 4) is 0 Å². The summed E-state index contributed by atoms with van der Waals surface area (Å²) in [6, 6.07) is -0.678. The molecule has 3 fully saturated rings. The number of esters is 1. The molecule has 0 aromatic carbocycles. The van der Waals surface area contributed by atoms with E-state index in [4.69, 9.17) is 4.74 Å². The summed E-state index contributed by atoms with van der Waals surface area (Å²) in [6.45, 7) is 12.1. The van der Waals surface area contributed by atoms with E-state index in [0.29, 0.717) is 19.4 Å². The first-order valence-electron chi connectivity index (χ1n) is 11.7. The van der Waals surface area contributed by atoms with Crippen molar-refractivity contribution in [2.75, 3.05) is 26.3 Å². The molecule has 8 heteroatoms. The molecule has 3 heterocycles. The maximum atomic E-state index is 14.0. The van der Waals surface area contributed by atoms with E-state index >= 15 is 0 Å². The number of thioether (sulfide) groups is 1. The molecule has 2 amide bonds. The van der Waals surface area contributed by atoms with Crippen molar-refractivity contribution >= 4 is 29.5 Å². The fourth-order valence-corrected chi connectivity index (χ4v) is 7.95. The number of aliphatic hydroxyl groups is 1. The number of nitrogens with zero attached hydrogens (tertiary/aromatic N) is 2. The van der Waals surface area contributed by atoms with Crippen LogP contribution in [0.5, 0.6) is 0 Å². The fraction of sp³-hybridized carbons (Fsp3) is 0.708. The van der Waals surface area contributed by atoms with Crippen LogP contribution in [0.3, 0.4) is 0 Å². The van der Waals surface area contributed by atoms with Gasteiger partial charge in [0, 0.05) is 24.4 Å². The number of rotatable bonds is 12. The van der Waals surface area contributed by atoms with Crippen LogP contribution in [0.25, 0.3) is 0 Å². The fourth-order valence-electron chi connectivity index (χ4n) is 5.74. The number of likely N-dealkylation sites (tertiary alicyclic amines) is 1. The first-order valence-corrected chi connectivity index (χ1v) is 12.5. The van der Waals surface area contributed by atoms with Crippen molar-refractivity contribution < 1.29 is 24.2 Å². The molecule has 3 saturated heterocycles. The number of carbonyl (C=O) groups is 3. The number of hydrogen-bond acceptors (Lipinski definition) is 6. The SMILES string of the molecule is C=CCCOC(=O)[C@@H]1[C@H]2C(=O)N(CCO)C(C(=O)N(CC=C)C(C)CCC)C23CC[C@H]1S3. The lowest BCUT2D eigenvalue weighted by Gasteiger charge is -2.39. The normalized spacial score (nSPS) is 31.3. The van der Waals surface area contributed by atoms with Crippen molar-refractivity contribution in [1.82, 2.24) is 9.80 Å². The van der Waals surface area contributed by atoms with Crippen LogP contribution in [0.1, 0.15) is 46.0 Å². The third-order valence-corrected chi connectivity index (χ3v) is 9.01. The predicted octanol–water partition coefficient (Wildman–Crippen LogP) is 2.39. The molecule has 3 aliphatic rings. The second kappa shape index (κ2) is 10.4. The number of aliphatic hydroxyl groups excluding tert-OH is 1. The van der Waals surface area contributed by atoms with E-state index in [-0.39, 0.29) is 48.8 Å². The Morgan fingerprint density at radius 3 is 2.78 bits per heavy atom. The lowest BCUT2D eigenvalue weighted by Crippen LogP contribution is -2.56. The third-order valence-electron chi connectivity index (χ3n) is 7.06. The maximum Gasteiger partial charge on any atom is 0.310 e. The number of β-amino-alcohol motifs (C(OH)–C–C–N with tert-alkyl or cyclic N) is 1. The van der Waals surface area contributed by atoms with E-state index in [1.54, 1.807) is 28.8 Å². The van der Waals surface area contributed by atoms with Gasteiger partial charge in [-0.15, -0.1) is 24.9 Å². The van der Waals surface area contributed by atoms with Gasteiger partial charge < -0.3 is 19.6 Å². The number of carbonyl (C=O) groups excluding carboxylic acids is 3. The minimum absolute atomic E-state index is 0.00953. The van der Waals surface area contributed by atoms with Crippen LogP contribution in [-0.2, 0) is 19.1 Å². The van der Waals surface area contributed by atoms with Crippen molar-refractivity contribution in [2.45, 2.75) is 68.0 Å². The molecule has 1 N–H and O–H groups in total. The van der Waals surface area contributed by atoms with E-state index in [0.717, 1.165) is 19.3 Å². The molecule has 0 saturated carbocycles. The van der Waals surface area contributed by atoms with Crippen LogP contribution in [0.4, 0.5) is 0 Å². The van der Waals surface area contributed by atoms with Crippen LogP contribution in [0.2, 0.25) is 0 Å². The Hall–Kier alpha value is -1.80. The van der Waals surface area contributed by atoms with E-state index in [1.807, 2.05) is 6.92 Å². The third kappa shape index (κ3) is 4.12. The smallest absolute Gasteiger partial charge is 0.310 e. The van der Waals surface area contributed by atoms with Gasteiger partial charge in [-0.2, -0.15) is 0 Å². The Morgan fingerprint density at radius 1 is 1.41 bits per heavy atom. The molecule has 0 radical (unpaired) electrons. The van der Waals surface area contributed by atoms with Gasteiger partial charge in [0.15, 0.2) is 0 Å². The Morgan fingerprint density at radius 2 is 2.16 bits per heavy atom. The van der Waals surface area contributed by atoms with Gasteiger partial charge in [0.05, 0.1) is 29.8 Å². The van der Waals surface area contributed by atoms with Gasteiger partial charge in [0.2, 0.25) is 11.8 Å². The zero-order valence-electron chi connectivity index (χ0n) is 19.2. The van der Waals surface area contributed by atoms with E-state index in [9.17, 15) is 19.5 Å². The molecule has 32 heavy (non-hydrogen) atoms. The van der Waals surface area contributed by atoms with E-state index < -0.39 is 22.6 Å². The zero-order valence-corrected chi connectivity index (χ0v) is 20.0. The molecule has 0 aromatic rings. The summed E-state index contributed by atoms with van der Waals surface area (Å²) in [7, 11) is 0. The number of amides is 2. The summed E-state index contributed by atoms with van der Waals surface area (Å²) in [5, 5.41) is 9.66. The van der Waals surface area contributed by atoms with Gasteiger partial charge in [0.25, 0.3) is 0 Å². The highest BCUT2D eigenvalue weighted by Gasteiger charge is 2.74. The van der Waals surface area contributed by atoms with Gasteiger partial charge in [-0.25, -0.2) is 0 Å². The van der Waals surface area contributed by atoms with Crippen molar-refractivity contribution in [3.63, 3.8) is 0 Å². The molecule has 2 bridgehead atoms. The standard InChI is InChI=1S/C24H36N2O5S/c1-5-8-15-31-23(30)18-17-10-11-24(32-17)19(18)21(28)26(13-14-27)20(24)22(29)25(12-7-3)16(4)9-6-2/h5,7,16-20,27H,1,3,6,8-15H2,2,4H3/t16?,17-,18+,19+,20?,24?/m1/s1. The van der Waals surface area contributed by atoms with E-state index in [1.165, 1.54) is 4.90 Å². The molecule has 3 rings (SSSR count). The summed E-state index contributed by atoms with van der Waals surface area (Å²) in [6.07, 6.45) is 7.24. The van der Waals surface area contributed by atoms with Gasteiger partial charge in [-0.1, -0.05) is 25.5 Å². The van der Waals surface area contributed by atoms with Crippen LogP contribution >= 0.6 is 11.8 Å². The average Bonchev–Trinajstić information content (AvgIpc) is 3.40. The topological polar surface area (TPSA) is 87.1 Å². The monoisotopic (exact) mass is 464 g/mol. The highest BCUT2D eigenvalue weighted by molar-refractivity contribution is 8.02. The molecule has 3 unspecified atom stereocenters. The Bertz CT molecular complexity index is 759. The predicted molar refractivity (Wildman–Crippen MR) is 125 cm³/mol. The van der Waals surface area contributed by atoms with Gasteiger partial charge in [-0.05, 0) is 32.6 Å². The first kappa shape index (κ1) is 24.8. The maximum absolute atomic E-state index is 14.0. The lowest BCUT2D eigenvalue weighted by molar-refractivity contribution is -0.154. The van der Waals surface area contributed by atoms with Crippen molar-refractivity contribution in [2.24, 2.45) is 11.8 Å². The first-order chi connectivity index (χ1) is 15.4.